The van der Waals surface area contributed by atoms with Gasteiger partial charge in [-0.3, -0.25) is 13.9 Å². The zero-order valence-electron chi connectivity index (χ0n) is 23.1. The standard InChI is InChI=1S/C32H30Cl2N2O4S/c1-32(2,3)25-17-15-22(16-18-25)30(37)24-7-5-8-26(19-24)35-31(38)23-13-11-21(12-14-23)20-36(41(4,39)40)28-10-6-9-27(33)29(28)34/h5-19H,20H2,1-4H3,(H,35,38). The molecule has 0 radical (unpaired) electrons. The summed E-state index contributed by atoms with van der Waals surface area (Å²) in [7, 11) is -3.68. The third kappa shape index (κ3) is 7.36. The second kappa shape index (κ2) is 12.1. The highest BCUT2D eigenvalue weighted by molar-refractivity contribution is 7.92. The topological polar surface area (TPSA) is 83.6 Å². The van der Waals surface area contributed by atoms with Crippen molar-refractivity contribution in [1.82, 2.24) is 0 Å². The van der Waals surface area contributed by atoms with Crippen LogP contribution in [0.4, 0.5) is 11.4 Å². The summed E-state index contributed by atoms with van der Waals surface area (Å²) in [6.07, 6.45) is 1.09. The number of carbonyl (C=O) groups excluding carboxylic acids is 2. The van der Waals surface area contributed by atoms with Gasteiger partial charge in [-0.1, -0.05) is 98.6 Å². The monoisotopic (exact) mass is 608 g/mol. The van der Waals surface area contributed by atoms with Gasteiger partial charge in [-0.05, 0) is 52.9 Å². The zero-order chi connectivity index (χ0) is 29.9. The van der Waals surface area contributed by atoms with E-state index in [1.54, 1.807) is 66.7 Å². The van der Waals surface area contributed by atoms with Gasteiger partial charge in [-0.25, -0.2) is 8.42 Å². The summed E-state index contributed by atoms with van der Waals surface area (Å²) < 4.78 is 26.2. The van der Waals surface area contributed by atoms with Crippen molar-refractivity contribution in [3.63, 3.8) is 0 Å². The number of hydrogen-bond donors (Lipinski definition) is 1. The van der Waals surface area contributed by atoms with Gasteiger partial charge >= 0.3 is 0 Å². The van der Waals surface area contributed by atoms with Gasteiger partial charge in [-0.15, -0.1) is 0 Å². The number of ketones is 1. The highest BCUT2D eigenvalue weighted by atomic mass is 35.5. The van der Waals surface area contributed by atoms with Crippen LogP contribution in [0, 0.1) is 0 Å². The maximum absolute atomic E-state index is 13.1. The number of halogens is 2. The first kappa shape index (κ1) is 30.3. The lowest BCUT2D eigenvalue weighted by Gasteiger charge is -2.24. The summed E-state index contributed by atoms with van der Waals surface area (Å²) in [4.78, 5) is 26.0. The Hall–Kier alpha value is -3.65. The van der Waals surface area contributed by atoms with E-state index in [1.165, 1.54) is 0 Å². The predicted molar refractivity (Wildman–Crippen MR) is 167 cm³/mol. The molecule has 4 aromatic carbocycles. The molecule has 0 aromatic heterocycles. The Balaban J connectivity index is 1.47. The molecule has 1 amide bonds. The fourth-order valence-corrected chi connectivity index (χ4v) is 5.56. The van der Waals surface area contributed by atoms with Crippen molar-refractivity contribution in [3.8, 4) is 0 Å². The summed E-state index contributed by atoms with van der Waals surface area (Å²) in [5.74, 6) is -0.505. The van der Waals surface area contributed by atoms with Gasteiger partial charge in [0.15, 0.2) is 5.78 Å². The van der Waals surface area contributed by atoms with E-state index in [9.17, 15) is 18.0 Å². The molecule has 212 valence electrons. The Morgan fingerprint density at radius 1 is 0.805 bits per heavy atom. The van der Waals surface area contributed by atoms with E-state index in [0.717, 1.165) is 16.1 Å². The van der Waals surface area contributed by atoms with Gasteiger partial charge in [0.25, 0.3) is 5.91 Å². The molecule has 1 N–H and O–H groups in total. The molecule has 4 rings (SSSR count). The lowest BCUT2D eigenvalue weighted by molar-refractivity contribution is 0.102. The summed E-state index contributed by atoms with van der Waals surface area (Å²) in [5, 5.41) is 3.21. The van der Waals surface area contributed by atoms with Crippen LogP contribution in [0.3, 0.4) is 0 Å². The van der Waals surface area contributed by atoms with Crippen LogP contribution in [-0.4, -0.2) is 26.4 Å². The van der Waals surface area contributed by atoms with Crippen LogP contribution < -0.4 is 9.62 Å². The number of nitrogens with zero attached hydrogens (tertiary/aromatic N) is 1. The Bertz CT molecular complexity index is 1700. The number of rotatable bonds is 8. The molecular formula is C32H30Cl2N2O4S. The van der Waals surface area contributed by atoms with E-state index >= 15 is 0 Å². The van der Waals surface area contributed by atoms with Crippen molar-refractivity contribution in [3.05, 3.63) is 129 Å². The molecular weight excluding hydrogens is 579 g/mol. The van der Waals surface area contributed by atoms with E-state index in [2.05, 4.69) is 26.1 Å². The number of amides is 1. The molecule has 6 nitrogen and oxygen atoms in total. The molecule has 0 aliphatic carbocycles. The number of nitrogens with one attached hydrogen (secondary N) is 1. The first-order chi connectivity index (χ1) is 19.2. The van der Waals surface area contributed by atoms with Crippen LogP contribution in [0.25, 0.3) is 0 Å². The molecule has 41 heavy (non-hydrogen) atoms. The Morgan fingerprint density at radius 2 is 1.41 bits per heavy atom. The maximum Gasteiger partial charge on any atom is 0.255 e. The molecule has 9 heteroatoms. The zero-order valence-corrected chi connectivity index (χ0v) is 25.4. The molecule has 0 spiro atoms. The van der Waals surface area contributed by atoms with Gasteiger partial charge in [0.1, 0.15) is 0 Å². The quantitative estimate of drug-likeness (QED) is 0.207. The minimum Gasteiger partial charge on any atom is -0.322 e. The summed E-state index contributed by atoms with van der Waals surface area (Å²) in [5.41, 5.74) is 3.92. The van der Waals surface area contributed by atoms with Crippen LogP contribution in [0.15, 0.2) is 91.0 Å². The molecule has 0 heterocycles. The third-order valence-electron chi connectivity index (χ3n) is 6.54. The molecule has 0 aliphatic heterocycles. The fraction of sp³-hybridized carbons (Fsp3) is 0.188. The second-order valence-corrected chi connectivity index (χ2v) is 13.4. The Labute approximate surface area is 251 Å². The van der Waals surface area contributed by atoms with Gasteiger partial charge < -0.3 is 5.32 Å². The summed E-state index contributed by atoms with van der Waals surface area (Å²) in [6, 6.07) is 25.7. The number of hydrogen-bond acceptors (Lipinski definition) is 4. The fourth-order valence-electron chi connectivity index (χ4n) is 4.22. The van der Waals surface area contributed by atoms with E-state index < -0.39 is 10.0 Å². The van der Waals surface area contributed by atoms with Crippen molar-refractivity contribution in [2.75, 3.05) is 15.9 Å². The van der Waals surface area contributed by atoms with Crippen molar-refractivity contribution >= 4 is 56.3 Å². The first-order valence-corrected chi connectivity index (χ1v) is 15.4. The highest BCUT2D eigenvalue weighted by Gasteiger charge is 2.22. The molecule has 0 unspecified atom stereocenters. The number of carbonyl (C=O) groups is 2. The molecule has 0 saturated heterocycles. The number of anilines is 2. The molecule has 0 saturated carbocycles. The third-order valence-corrected chi connectivity index (χ3v) is 8.47. The van der Waals surface area contributed by atoms with Gasteiger partial charge in [0.2, 0.25) is 10.0 Å². The van der Waals surface area contributed by atoms with Crippen LogP contribution in [0.5, 0.6) is 0 Å². The largest absolute Gasteiger partial charge is 0.322 e. The van der Waals surface area contributed by atoms with Crippen LogP contribution in [0.1, 0.15) is 58.2 Å². The average Bonchev–Trinajstić information content (AvgIpc) is 2.92. The van der Waals surface area contributed by atoms with Crippen molar-refractivity contribution in [1.29, 1.82) is 0 Å². The Morgan fingerprint density at radius 3 is 2.02 bits per heavy atom. The lowest BCUT2D eigenvalue weighted by atomic mass is 9.86. The lowest BCUT2D eigenvalue weighted by Crippen LogP contribution is -2.29. The smallest absolute Gasteiger partial charge is 0.255 e. The minimum atomic E-state index is -3.68. The van der Waals surface area contributed by atoms with E-state index in [0.29, 0.717) is 27.9 Å². The van der Waals surface area contributed by atoms with Crippen LogP contribution in [-0.2, 0) is 22.0 Å². The minimum absolute atomic E-state index is 0.00167. The van der Waals surface area contributed by atoms with E-state index in [1.807, 2.05) is 24.3 Å². The SMILES string of the molecule is CC(C)(C)c1ccc(C(=O)c2cccc(NC(=O)c3ccc(CN(c4cccc(Cl)c4Cl)S(C)(=O)=O)cc3)c2)cc1. The summed E-state index contributed by atoms with van der Waals surface area (Å²) >= 11 is 12.4. The highest BCUT2D eigenvalue weighted by Crippen LogP contribution is 2.34. The second-order valence-electron chi connectivity index (χ2n) is 10.7. The van der Waals surface area contributed by atoms with Crippen molar-refractivity contribution in [2.45, 2.75) is 32.7 Å². The maximum atomic E-state index is 13.1. The average molecular weight is 610 g/mol. The Kier molecular flexibility index (Phi) is 8.92. The molecule has 0 bridgehead atoms. The summed E-state index contributed by atoms with van der Waals surface area (Å²) in [6.45, 7) is 6.35. The molecule has 0 atom stereocenters. The van der Waals surface area contributed by atoms with Crippen LogP contribution in [0.2, 0.25) is 10.0 Å². The molecule has 4 aromatic rings. The molecule has 0 aliphatic rings. The van der Waals surface area contributed by atoms with Gasteiger partial charge in [0, 0.05) is 22.4 Å². The number of benzene rings is 4. The van der Waals surface area contributed by atoms with E-state index in [4.69, 9.17) is 23.2 Å². The van der Waals surface area contributed by atoms with E-state index in [-0.39, 0.29) is 39.4 Å². The number of sulfonamides is 1. The van der Waals surface area contributed by atoms with Crippen molar-refractivity contribution < 1.29 is 18.0 Å². The van der Waals surface area contributed by atoms with Gasteiger partial charge in [0.05, 0.1) is 28.5 Å². The van der Waals surface area contributed by atoms with Crippen LogP contribution >= 0.6 is 23.2 Å². The molecule has 0 fully saturated rings. The van der Waals surface area contributed by atoms with Gasteiger partial charge in [-0.2, -0.15) is 0 Å². The normalized spacial score (nSPS) is 11.7. The predicted octanol–water partition coefficient (Wildman–Crippen LogP) is 7.74. The van der Waals surface area contributed by atoms with Crippen molar-refractivity contribution in [2.24, 2.45) is 0 Å². The first-order valence-electron chi connectivity index (χ1n) is 12.8.